The van der Waals surface area contributed by atoms with Gasteiger partial charge < -0.3 is 9.42 Å². The predicted octanol–water partition coefficient (Wildman–Crippen LogP) is 3.82. The van der Waals surface area contributed by atoms with Crippen molar-refractivity contribution < 1.29 is 9.32 Å². The molecule has 1 amide bonds. The lowest BCUT2D eigenvalue weighted by atomic mass is 9.93. The van der Waals surface area contributed by atoms with E-state index in [0.29, 0.717) is 31.1 Å². The number of carbonyl (C=O) groups is 1. The number of aryl methyl sites for hydroxylation is 1. The van der Waals surface area contributed by atoms with Crippen molar-refractivity contribution in [2.45, 2.75) is 57.5 Å². The van der Waals surface area contributed by atoms with E-state index in [9.17, 15) is 4.79 Å². The van der Waals surface area contributed by atoms with Crippen molar-refractivity contribution in [3.63, 3.8) is 0 Å². The van der Waals surface area contributed by atoms with Gasteiger partial charge in [-0.25, -0.2) is 0 Å². The molecule has 0 bridgehead atoms. The van der Waals surface area contributed by atoms with Gasteiger partial charge in [-0.1, -0.05) is 30.5 Å². The fourth-order valence-electron chi connectivity index (χ4n) is 3.81. The summed E-state index contributed by atoms with van der Waals surface area (Å²) in [6.07, 6.45) is 11.7. The van der Waals surface area contributed by atoms with Gasteiger partial charge in [-0.15, -0.1) is 0 Å². The van der Waals surface area contributed by atoms with Crippen LogP contribution in [0.4, 0.5) is 0 Å². The fraction of sp³-hybridized carbons (Fsp3) is 0.409. The molecule has 0 aliphatic heterocycles. The summed E-state index contributed by atoms with van der Waals surface area (Å²) in [6, 6.07) is 9.78. The number of amides is 1. The predicted molar refractivity (Wildman–Crippen MR) is 108 cm³/mol. The fourth-order valence-corrected chi connectivity index (χ4v) is 3.81. The van der Waals surface area contributed by atoms with Gasteiger partial charge in [0.2, 0.25) is 17.6 Å². The Balaban J connectivity index is 1.41. The van der Waals surface area contributed by atoms with Crippen LogP contribution in [0.1, 0.15) is 50.1 Å². The first kappa shape index (κ1) is 19.2. The molecule has 150 valence electrons. The first-order chi connectivity index (χ1) is 14.3. The van der Waals surface area contributed by atoms with Gasteiger partial charge in [0, 0.05) is 43.0 Å². The van der Waals surface area contributed by atoms with Gasteiger partial charge in [0.15, 0.2) is 0 Å². The lowest BCUT2D eigenvalue weighted by Crippen LogP contribution is -2.41. The highest BCUT2D eigenvalue weighted by atomic mass is 16.5. The first-order valence-corrected chi connectivity index (χ1v) is 10.2. The second-order valence-electron chi connectivity index (χ2n) is 7.38. The van der Waals surface area contributed by atoms with Crippen LogP contribution in [-0.2, 0) is 17.8 Å². The summed E-state index contributed by atoms with van der Waals surface area (Å²) >= 11 is 0. The molecule has 0 atom stereocenters. The Labute approximate surface area is 170 Å². The molecule has 1 fully saturated rings. The van der Waals surface area contributed by atoms with Gasteiger partial charge >= 0.3 is 0 Å². The monoisotopic (exact) mass is 391 g/mol. The molecule has 29 heavy (non-hydrogen) atoms. The topological polar surface area (TPSA) is 85.0 Å². The van der Waals surface area contributed by atoms with E-state index in [1.54, 1.807) is 18.6 Å². The third-order valence-corrected chi connectivity index (χ3v) is 5.35. The van der Waals surface area contributed by atoms with E-state index in [-0.39, 0.29) is 11.9 Å². The molecule has 7 heteroatoms. The first-order valence-electron chi connectivity index (χ1n) is 10.2. The molecule has 1 aliphatic carbocycles. The van der Waals surface area contributed by atoms with Crippen LogP contribution in [-0.4, -0.2) is 37.0 Å². The number of nitrogens with zero attached hydrogens (tertiary/aromatic N) is 5. The van der Waals surface area contributed by atoms with Crippen LogP contribution in [0.15, 0.2) is 53.4 Å². The summed E-state index contributed by atoms with van der Waals surface area (Å²) < 4.78 is 5.35. The minimum atomic E-state index is 0.117. The number of hydrogen-bond donors (Lipinski definition) is 0. The standard InChI is InChI=1S/C22H25N5O2/c28-21(10-9-20-25-22(26-29-20)17-11-14-23-15-12-17)27(19-7-2-1-3-8-19)16-18-6-4-5-13-24-18/h4-6,11-15,19H,1-3,7-10,16H2. The molecule has 0 spiro atoms. The second-order valence-corrected chi connectivity index (χ2v) is 7.38. The minimum Gasteiger partial charge on any atom is -0.339 e. The Morgan fingerprint density at radius 3 is 2.66 bits per heavy atom. The Hall–Kier alpha value is -3.09. The largest absolute Gasteiger partial charge is 0.339 e. The minimum absolute atomic E-state index is 0.117. The molecule has 7 nitrogen and oxygen atoms in total. The zero-order valence-electron chi connectivity index (χ0n) is 16.4. The molecule has 0 N–H and O–H groups in total. The maximum atomic E-state index is 13.1. The van der Waals surface area contributed by atoms with Crippen LogP contribution in [0.3, 0.4) is 0 Å². The summed E-state index contributed by atoms with van der Waals surface area (Å²) in [5.41, 5.74) is 1.77. The maximum Gasteiger partial charge on any atom is 0.227 e. The van der Waals surface area contributed by atoms with E-state index < -0.39 is 0 Å². The lowest BCUT2D eigenvalue weighted by Gasteiger charge is -2.34. The zero-order valence-corrected chi connectivity index (χ0v) is 16.4. The summed E-state index contributed by atoms with van der Waals surface area (Å²) in [5, 5.41) is 4.02. The summed E-state index contributed by atoms with van der Waals surface area (Å²) in [7, 11) is 0. The molecule has 3 heterocycles. The molecule has 0 unspecified atom stereocenters. The van der Waals surface area contributed by atoms with Crippen LogP contribution >= 0.6 is 0 Å². The van der Waals surface area contributed by atoms with E-state index in [0.717, 1.165) is 24.1 Å². The van der Waals surface area contributed by atoms with Gasteiger partial charge in [-0.05, 0) is 37.1 Å². The number of carbonyl (C=O) groups excluding carboxylic acids is 1. The molecular weight excluding hydrogens is 366 g/mol. The zero-order chi connectivity index (χ0) is 19.9. The summed E-state index contributed by atoms with van der Waals surface area (Å²) in [6.45, 7) is 0.552. The Morgan fingerprint density at radius 1 is 1.07 bits per heavy atom. The van der Waals surface area contributed by atoms with Crippen LogP contribution in [0.2, 0.25) is 0 Å². The average Bonchev–Trinajstić information content (AvgIpc) is 3.27. The quantitative estimate of drug-likeness (QED) is 0.609. The van der Waals surface area contributed by atoms with Crippen LogP contribution in [0.25, 0.3) is 11.4 Å². The van der Waals surface area contributed by atoms with Crippen molar-refractivity contribution in [2.24, 2.45) is 0 Å². The van der Waals surface area contributed by atoms with Gasteiger partial charge in [0.25, 0.3) is 0 Å². The molecular formula is C22H25N5O2. The third-order valence-electron chi connectivity index (χ3n) is 5.35. The molecule has 4 rings (SSSR count). The van der Waals surface area contributed by atoms with Crippen molar-refractivity contribution >= 4 is 5.91 Å². The number of hydrogen-bond acceptors (Lipinski definition) is 6. The van der Waals surface area contributed by atoms with Crippen LogP contribution < -0.4 is 0 Å². The molecule has 0 aromatic carbocycles. The highest BCUT2D eigenvalue weighted by Gasteiger charge is 2.26. The molecule has 0 saturated heterocycles. The smallest absolute Gasteiger partial charge is 0.227 e. The molecule has 0 radical (unpaired) electrons. The van der Waals surface area contributed by atoms with E-state index in [2.05, 4.69) is 20.1 Å². The average molecular weight is 391 g/mol. The number of pyridine rings is 2. The van der Waals surface area contributed by atoms with Crippen molar-refractivity contribution in [1.29, 1.82) is 0 Å². The third kappa shape index (κ3) is 5.04. The summed E-state index contributed by atoms with van der Waals surface area (Å²) in [5.74, 6) is 1.12. The summed E-state index contributed by atoms with van der Waals surface area (Å²) in [4.78, 5) is 27.9. The van der Waals surface area contributed by atoms with Crippen molar-refractivity contribution in [2.75, 3.05) is 0 Å². The number of aromatic nitrogens is 4. The normalized spacial score (nSPS) is 14.6. The van der Waals surface area contributed by atoms with E-state index in [4.69, 9.17) is 4.52 Å². The van der Waals surface area contributed by atoms with E-state index in [1.165, 1.54) is 19.3 Å². The molecule has 1 saturated carbocycles. The second kappa shape index (κ2) is 9.41. The highest BCUT2D eigenvalue weighted by Crippen LogP contribution is 2.25. The molecule has 3 aromatic heterocycles. The Morgan fingerprint density at radius 2 is 1.90 bits per heavy atom. The van der Waals surface area contributed by atoms with Crippen molar-refractivity contribution in [3.8, 4) is 11.4 Å². The Bertz CT molecular complexity index is 907. The van der Waals surface area contributed by atoms with Crippen LogP contribution in [0, 0.1) is 0 Å². The molecule has 1 aliphatic rings. The maximum absolute atomic E-state index is 13.1. The van der Waals surface area contributed by atoms with Gasteiger partial charge in [-0.2, -0.15) is 4.98 Å². The highest BCUT2D eigenvalue weighted by molar-refractivity contribution is 5.76. The van der Waals surface area contributed by atoms with E-state index >= 15 is 0 Å². The van der Waals surface area contributed by atoms with Gasteiger partial charge in [0.05, 0.1) is 12.2 Å². The Kier molecular flexibility index (Phi) is 6.24. The van der Waals surface area contributed by atoms with E-state index in [1.807, 2.05) is 35.2 Å². The van der Waals surface area contributed by atoms with Crippen molar-refractivity contribution in [1.82, 2.24) is 25.0 Å². The van der Waals surface area contributed by atoms with Crippen molar-refractivity contribution in [3.05, 3.63) is 60.5 Å². The van der Waals surface area contributed by atoms with Gasteiger partial charge in [0.1, 0.15) is 0 Å². The number of rotatable bonds is 7. The van der Waals surface area contributed by atoms with Gasteiger partial charge in [-0.3, -0.25) is 14.8 Å². The molecule has 3 aromatic rings. The van der Waals surface area contributed by atoms with Crippen LogP contribution in [0.5, 0.6) is 0 Å². The lowest BCUT2D eigenvalue weighted by molar-refractivity contribution is -0.135. The SMILES string of the molecule is O=C(CCc1nc(-c2ccncc2)no1)N(Cc1ccccn1)C1CCCCC1.